The van der Waals surface area contributed by atoms with Crippen LogP contribution in [0.25, 0.3) is 10.8 Å². The molecule has 4 aliphatic rings. The molecule has 6 heterocycles. The number of methoxy groups -OCH3 is 1. The maximum Gasteiger partial charge on any atom is 0.262 e. The van der Waals surface area contributed by atoms with Gasteiger partial charge in [-0.1, -0.05) is 32.0 Å². The molecule has 0 radical (unpaired) electrons. The zero-order valence-corrected chi connectivity index (χ0v) is 33.9. The smallest absolute Gasteiger partial charge is 0.262 e. The van der Waals surface area contributed by atoms with Crippen LogP contribution in [0.5, 0.6) is 0 Å². The fourth-order valence-electron chi connectivity index (χ4n) is 8.73. The summed E-state index contributed by atoms with van der Waals surface area (Å²) in [4.78, 5) is 70.4. The lowest BCUT2D eigenvalue weighted by atomic mass is 9.88. The van der Waals surface area contributed by atoms with Crippen molar-refractivity contribution < 1.29 is 32.3 Å². The highest BCUT2D eigenvalue weighted by Crippen LogP contribution is 2.40. The molecule has 8 rings (SSSR count). The predicted octanol–water partition coefficient (Wildman–Crippen LogP) is 4.39. The van der Waals surface area contributed by atoms with E-state index in [2.05, 4.69) is 57.5 Å². The first kappa shape index (κ1) is 39.4. The highest BCUT2D eigenvalue weighted by Gasteiger charge is 2.46. The second kappa shape index (κ2) is 15.7. The second-order valence-corrected chi connectivity index (χ2v) is 18.3. The standard InChI is InChI=1S/C42H48N8O7S/c1-24(2)29-8-9-33(32-21-44-36(20-31(29)32)45-35-12-16-43-42(46-35)48-17-13-28(57-4)14-18-48)49-22-27(25(49)3)23-58(55,56)19-15-26-6-5-7-30-38(26)41(54)50(40(30)53)34-10-11-37(51)47-39(34)52/h5-9,12,16,20-21,24-25,27-28,34H,10-11,13-15,17-19,22-23H2,1-4H3,(H,47,51,52)(H,43,44,45,46)/t25-,27-,34?/m1/s1. The highest BCUT2D eigenvalue weighted by molar-refractivity contribution is 7.91. The molecule has 3 atom stereocenters. The van der Waals surface area contributed by atoms with Gasteiger partial charge in [-0.25, -0.2) is 18.4 Å². The predicted molar refractivity (Wildman–Crippen MR) is 219 cm³/mol. The van der Waals surface area contributed by atoms with E-state index < -0.39 is 39.5 Å². The molecule has 4 amide bonds. The highest BCUT2D eigenvalue weighted by atomic mass is 32.2. The molecule has 16 heteroatoms. The molecule has 0 aliphatic carbocycles. The van der Waals surface area contributed by atoms with E-state index in [0.29, 0.717) is 29.7 Å². The molecule has 4 aromatic rings. The minimum absolute atomic E-state index is 0.0163. The molecule has 3 saturated heterocycles. The molecule has 2 aromatic heterocycles. The van der Waals surface area contributed by atoms with Gasteiger partial charge in [-0.05, 0) is 79.3 Å². The van der Waals surface area contributed by atoms with Crippen molar-refractivity contribution in [2.24, 2.45) is 5.92 Å². The molecule has 58 heavy (non-hydrogen) atoms. The Labute approximate surface area is 337 Å². The summed E-state index contributed by atoms with van der Waals surface area (Å²) in [6.07, 6.45) is 5.85. The van der Waals surface area contributed by atoms with Crippen LogP contribution in [0.1, 0.15) is 84.2 Å². The van der Waals surface area contributed by atoms with Gasteiger partial charge in [0.05, 0.1) is 28.7 Å². The second-order valence-electron chi connectivity index (χ2n) is 16.0. The molecule has 3 fully saturated rings. The number of hydrogen-bond acceptors (Lipinski definition) is 13. The topological polar surface area (TPSA) is 184 Å². The number of sulfone groups is 1. The quantitative estimate of drug-likeness (QED) is 0.192. The number of ether oxygens (including phenoxy) is 1. The summed E-state index contributed by atoms with van der Waals surface area (Å²) >= 11 is 0. The number of imide groups is 2. The Morgan fingerprint density at radius 2 is 1.76 bits per heavy atom. The van der Waals surface area contributed by atoms with Crippen LogP contribution in [0.3, 0.4) is 0 Å². The van der Waals surface area contributed by atoms with Crippen LogP contribution in [-0.2, 0) is 30.6 Å². The van der Waals surface area contributed by atoms with E-state index >= 15 is 0 Å². The van der Waals surface area contributed by atoms with Crippen molar-refractivity contribution in [3.8, 4) is 0 Å². The summed E-state index contributed by atoms with van der Waals surface area (Å²) in [5, 5.41) is 7.62. The number of fused-ring (bicyclic) bond motifs is 2. The van der Waals surface area contributed by atoms with Crippen molar-refractivity contribution in [1.82, 2.24) is 25.2 Å². The summed E-state index contributed by atoms with van der Waals surface area (Å²) in [5.41, 5.74) is 2.87. The fourth-order valence-corrected chi connectivity index (χ4v) is 10.5. The Hall–Kier alpha value is -5.48. The number of aromatic nitrogens is 3. The number of pyridine rings is 1. The lowest BCUT2D eigenvalue weighted by Gasteiger charge is -2.48. The van der Waals surface area contributed by atoms with Crippen molar-refractivity contribution in [3.05, 3.63) is 77.1 Å². The van der Waals surface area contributed by atoms with E-state index in [0.717, 1.165) is 47.3 Å². The molecular weight excluding hydrogens is 761 g/mol. The van der Waals surface area contributed by atoms with Crippen molar-refractivity contribution >= 4 is 67.5 Å². The number of benzene rings is 2. The van der Waals surface area contributed by atoms with Gasteiger partial charge in [0.2, 0.25) is 17.8 Å². The van der Waals surface area contributed by atoms with Gasteiger partial charge in [-0.2, -0.15) is 4.98 Å². The Morgan fingerprint density at radius 3 is 2.48 bits per heavy atom. The van der Waals surface area contributed by atoms with Crippen LogP contribution in [0.2, 0.25) is 0 Å². The number of piperidine rings is 2. The van der Waals surface area contributed by atoms with Crippen LogP contribution in [0.15, 0.2) is 54.9 Å². The van der Waals surface area contributed by atoms with E-state index in [9.17, 15) is 27.6 Å². The molecule has 4 aliphatic heterocycles. The number of carbonyl (C=O) groups excluding carboxylic acids is 4. The SMILES string of the molecule is COC1CCN(c2nccc(Nc3cc4c(C(C)C)ccc(N5C[C@H](CS(=O)(=O)CCc6cccc7c6C(=O)N(C6CCC(=O)NC6=O)C7=O)[C@H]5C)c4cn3)n2)CC1. The summed E-state index contributed by atoms with van der Waals surface area (Å²) in [6, 6.07) is 11.8. The van der Waals surface area contributed by atoms with Gasteiger partial charge in [0, 0.05) is 68.6 Å². The van der Waals surface area contributed by atoms with E-state index in [1.165, 1.54) is 11.6 Å². The van der Waals surface area contributed by atoms with Crippen LogP contribution >= 0.6 is 0 Å². The number of anilines is 4. The summed E-state index contributed by atoms with van der Waals surface area (Å²) in [7, 11) is -1.81. The molecule has 0 saturated carbocycles. The van der Waals surface area contributed by atoms with E-state index in [-0.39, 0.29) is 65.9 Å². The molecule has 304 valence electrons. The Kier molecular flexibility index (Phi) is 10.7. The first-order chi connectivity index (χ1) is 27.8. The van der Waals surface area contributed by atoms with Gasteiger partial charge in [0.25, 0.3) is 11.8 Å². The Balaban J connectivity index is 0.935. The van der Waals surface area contributed by atoms with Gasteiger partial charge in [0.1, 0.15) is 17.7 Å². The monoisotopic (exact) mass is 808 g/mol. The van der Waals surface area contributed by atoms with Crippen LogP contribution in [0.4, 0.5) is 23.3 Å². The first-order valence-corrected chi connectivity index (χ1v) is 21.7. The average molecular weight is 809 g/mol. The van der Waals surface area contributed by atoms with Crippen LogP contribution < -0.4 is 20.4 Å². The molecular formula is C42H48N8O7S. The van der Waals surface area contributed by atoms with Crippen molar-refractivity contribution in [2.75, 3.05) is 53.4 Å². The number of amides is 4. The van der Waals surface area contributed by atoms with E-state index in [1.807, 2.05) is 19.2 Å². The summed E-state index contributed by atoms with van der Waals surface area (Å²) in [6.45, 7) is 8.56. The van der Waals surface area contributed by atoms with Crippen molar-refractivity contribution in [3.63, 3.8) is 0 Å². The zero-order valence-electron chi connectivity index (χ0n) is 33.1. The molecule has 1 unspecified atom stereocenters. The Bertz CT molecular complexity index is 2420. The molecule has 2 N–H and O–H groups in total. The van der Waals surface area contributed by atoms with Gasteiger partial charge >= 0.3 is 0 Å². The fraction of sp³-hybridized carbons (Fsp3) is 0.452. The molecule has 0 spiro atoms. The maximum absolute atomic E-state index is 13.6. The normalized spacial score (nSPS) is 21.5. The van der Waals surface area contributed by atoms with Gasteiger partial charge < -0.3 is 19.9 Å². The van der Waals surface area contributed by atoms with Crippen LogP contribution in [-0.4, -0.2) is 108 Å². The minimum Gasteiger partial charge on any atom is -0.381 e. The number of nitrogens with zero attached hydrogens (tertiary/aromatic N) is 6. The molecule has 15 nitrogen and oxygen atoms in total. The lowest BCUT2D eigenvalue weighted by Crippen LogP contribution is -2.57. The molecule has 2 aromatic carbocycles. The number of rotatable bonds is 12. The maximum atomic E-state index is 13.6. The number of hydrogen-bond donors (Lipinski definition) is 2. The first-order valence-electron chi connectivity index (χ1n) is 19.9. The average Bonchev–Trinajstić information content (AvgIpc) is 3.47. The summed E-state index contributed by atoms with van der Waals surface area (Å²) < 4.78 is 32.7. The minimum atomic E-state index is -3.56. The largest absolute Gasteiger partial charge is 0.381 e. The van der Waals surface area contributed by atoms with E-state index in [4.69, 9.17) is 14.7 Å². The third kappa shape index (κ3) is 7.50. The summed E-state index contributed by atoms with van der Waals surface area (Å²) in [5.74, 6) is -0.499. The van der Waals surface area contributed by atoms with Gasteiger partial charge in [0.15, 0.2) is 9.84 Å². The number of nitrogens with one attached hydrogen (secondary N) is 2. The lowest BCUT2D eigenvalue weighted by molar-refractivity contribution is -0.136. The third-order valence-electron chi connectivity index (χ3n) is 12.1. The van der Waals surface area contributed by atoms with Crippen LogP contribution in [0, 0.1) is 5.92 Å². The molecule has 0 bridgehead atoms. The Morgan fingerprint density at radius 1 is 0.966 bits per heavy atom. The number of carbonyl (C=O) groups is 4. The van der Waals surface area contributed by atoms with Gasteiger partial charge in [-0.3, -0.25) is 29.4 Å². The van der Waals surface area contributed by atoms with E-state index in [1.54, 1.807) is 25.4 Å². The zero-order chi connectivity index (χ0) is 40.9. The van der Waals surface area contributed by atoms with Crippen molar-refractivity contribution in [1.29, 1.82) is 0 Å². The number of aryl methyl sites for hydroxylation is 1. The third-order valence-corrected chi connectivity index (χ3v) is 13.9. The van der Waals surface area contributed by atoms with Crippen molar-refractivity contribution in [2.45, 2.75) is 77.0 Å². The van der Waals surface area contributed by atoms with Gasteiger partial charge in [-0.15, -0.1) is 0 Å².